The van der Waals surface area contributed by atoms with Crippen LogP contribution in [0.2, 0.25) is 0 Å². The molecule has 0 aliphatic carbocycles. The van der Waals surface area contributed by atoms with Gasteiger partial charge in [0.2, 0.25) is 0 Å². The van der Waals surface area contributed by atoms with Crippen molar-refractivity contribution >= 4 is 56.7 Å². The fourth-order valence-electron chi connectivity index (χ4n) is 3.90. The van der Waals surface area contributed by atoms with Gasteiger partial charge in [0.15, 0.2) is 0 Å². The van der Waals surface area contributed by atoms with E-state index in [0.29, 0.717) is 28.5 Å². The zero-order chi connectivity index (χ0) is 29.3. The highest BCUT2D eigenvalue weighted by molar-refractivity contribution is 5.99. The van der Waals surface area contributed by atoms with Gasteiger partial charge in [-0.1, -0.05) is 24.3 Å². The van der Waals surface area contributed by atoms with Crippen molar-refractivity contribution < 1.29 is 14.3 Å². The molecule has 0 bridgehead atoms. The van der Waals surface area contributed by atoms with Crippen molar-refractivity contribution in [2.24, 2.45) is 30.7 Å². The quantitative estimate of drug-likeness (QED) is 0.107. The first-order valence-electron chi connectivity index (χ1n) is 13.0. The number of methoxy groups -OCH3 is 1. The van der Waals surface area contributed by atoms with Crippen molar-refractivity contribution in [1.29, 1.82) is 0 Å². The van der Waals surface area contributed by atoms with E-state index in [2.05, 4.69) is 35.4 Å². The van der Waals surface area contributed by atoms with Crippen LogP contribution >= 0.6 is 0 Å². The lowest BCUT2D eigenvalue weighted by Crippen LogP contribution is -2.07. The summed E-state index contributed by atoms with van der Waals surface area (Å²) >= 11 is 0. The van der Waals surface area contributed by atoms with E-state index in [1.54, 1.807) is 24.3 Å². The molecule has 10 heteroatoms. The van der Waals surface area contributed by atoms with E-state index in [-0.39, 0.29) is 0 Å². The van der Waals surface area contributed by atoms with Crippen LogP contribution < -0.4 is 9.64 Å². The predicted molar refractivity (Wildman–Crippen MR) is 163 cm³/mol. The van der Waals surface area contributed by atoms with Gasteiger partial charge in [-0.15, -0.1) is 10.2 Å². The number of hydrogen-bond donors (Lipinski definition) is 0. The number of fused-ring (bicyclic) bond motifs is 1. The zero-order valence-corrected chi connectivity index (χ0v) is 23.2. The Labute approximate surface area is 242 Å². The number of nitrogens with zero attached hydrogens (tertiary/aromatic N) is 7. The second kappa shape index (κ2) is 13.1. The van der Waals surface area contributed by atoms with Crippen LogP contribution in [-0.4, -0.2) is 27.4 Å². The molecule has 208 valence electrons. The maximum atomic E-state index is 11.3. The van der Waals surface area contributed by atoms with Crippen molar-refractivity contribution in [1.82, 2.24) is 0 Å². The summed E-state index contributed by atoms with van der Waals surface area (Å²) in [6.45, 7) is 0. The Balaban J connectivity index is 1.28. The average molecular weight is 558 g/mol. The van der Waals surface area contributed by atoms with Crippen molar-refractivity contribution in [2.45, 2.75) is 0 Å². The molecule has 0 N–H and O–H groups in total. The molecule has 0 amide bonds. The largest absolute Gasteiger partial charge is 0.513 e. The molecule has 0 aliphatic heterocycles. The summed E-state index contributed by atoms with van der Waals surface area (Å²) in [7, 11) is 5.24. The maximum Gasteiger partial charge on any atom is 0.513 e. The van der Waals surface area contributed by atoms with Gasteiger partial charge in [0.1, 0.15) is 5.75 Å². The van der Waals surface area contributed by atoms with Gasteiger partial charge in [0, 0.05) is 30.6 Å². The molecule has 5 aromatic carbocycles. The van der Waals surface area contributed by atoms with Crippen LogP contribution in [0.3, 0.4) is 0 Å². The third-order valence-electron chi connectivity index (χ3n) is 6.13. The summed E-state index contributed by atoms with van der Waals surface area (Å²) in [5, 5.41) is 28.1. The third-order valence-corrected chi connectivity index (χ3v) is 6.13. The Kier molecular flexibility index (Phi) is 8.64. The van der Waals surface area contributed by atoms with Gasteiger partial charge in [-0.05, 0) is 84.9 Å². The van der Waals surface area contributed by atoms with Gasteiger partial charge in [-0.2, -0.15) is 20.5 Å². The Bertz CT molecular complexity index is 1760. The van der Waals surface area contributed by atoms with E-state index >= 15 is 0 Å². The first kappa shape index (κ1) is 27.8. The molecule has 5 rings (SSSR count). The molecule has 42 heavy (non-hydrogen) atoms. The van der Waals surface area contributed by atoms with Gasteiger partial charge in [-0.3, -0.25) is 0 Å². The molecule has 0 aromatic heterocycles. The van der Waals surface area contributed by atoms with Crippen LogP contribution in [-0.2, 0) is 4.74 Å². The first-order chi connectivity index (χ1) is 20.5. The van der Waals surface area contributed by atoms with E-state index in [4.69, 9.17) is 4.74 Å². The number of ether oxygens (including phenoxy) is 2. The van der Waals surface area contributed by atoms with Crippen LogP contribution in [0.5, 0.6) is 5.75 Å². The van der Waals surface area contributed by atoms with E-state index in [1.165, 1.54) is 7.11 Å². The molecule has 0 radical (unpaired) electrons. The lowest BCUT2D eigenvalue weighted by molar-refractivity contribution is 0.121. The van der Waals surface area contributed by atoms with E-state index in [9.17, 15) is 4.79 Å². The first-order valence-corrected chi connectivity index (χ1v) is 13.0. The number of rotatable bonds is 8. The summed E-state index contributed by atoms with van der Waals surface area (Å²) < 4.78 is 9.48. The molecular weight excluding hydrogens is 530 g/mol. The molecular formula is C32H27N7O3. The van der Waals surface area contributed by atoms with Crippen LogP contribution in [0.1, 0.15) is 0 Å². The van der Waals surface area contributed by atoms with Gasteiger partial charge >= 0.3 is 6.16 Å². The average Bonchev–Trinajstić information content (AvgIpc) is 3.03. The molecule has 0 heterocycles. The number of hydrogen-bond acceptors (Lipinski definition) is 10. The molecule has 0 fully saturated rings. The lowest BCUT2D eigenvalue weighted by atomic mass is 10.1. The number of carbonyl (C=O) groups is 1. The van der Waals surface area contributed by atoms with Crippen LogP contribution in [0.4, 0.5) is 44.6 Å². The molecule has 10 nitrogen and oxygen atoms in total. The highest BCUT2D eigenvalue weighted by atomic mass is 16.7. The minimum absolute atomic E-state index is 0.353. The summed E-state index contributed by atoms with van der Waals surface area (Å²) in [5.74, 6) is 0.353. The Morgan fingerprint density at radius 1 is 0.548 bits per heavy atom. The SMILES string of the molecule is COC(=O)Oc1ccc(/N=N/c2ccc(/N=N/c3ccc(/N=N/c4ccc(N(C)C)cc4)cc3)c3ccccc23)cc1. The second-order valence-corrected chi connectivity index (χ2v) is 9.23. The van der Waals surface area contributed by atoms with Crippen molar-refractivity contribution in [3.05, 3.63) is 109 Å². The summed E-state index contributed by atoms with van der Waals surface area (Å²) in [6, 6.07) is 33.4. The van der Waals surface area contributed by atoms with Gasteiger partial charge in [0.25, 0.3) is 0 Å². The second-order valence-electron chi connectivity index (χ2n) is 9.23. The molecule has 0 saturated heterocycles. The summed E-state index contributed by atoms with van der Waals surface area (Å²) in [5.41, 5.74) is 5.29. The van der Waals surface area contributed by atoms with Crippen molar-refractivity contribution in [3.63, 3.8) is 0 Å². The van der Waals surface area contributed by atoms with Crippen molar-refractivity contribution in [2.75, 3.05) is 26.1 Å². The van der Waals surface area contributed by atoms with Gasteiger partial charge < -0.3 is 14.4 Å². The summed E-state index contributed by atoms with van der Waals surface area (Å²) in [6.07, 6.45) is -0.783. The van der Waals surface area contributed by atoms with Gasteiger partial charge in [-0.25, -0.2) is 4.79 Å². The molecule has 0 saturated carbocycles. The standard InChI is InChI=1S/C32H27N7O3/c1-39(2)26-16-12-24(13-17-26)34-33-22-8-10-23(11-9-22)35-37-30-20-21-31(29-7-5-4-6-28(29)30)38-36-25-14-18-27(19-15-25)42-32(40)41-3/h4-21H,1-3H3/b34-33+,37-35+,38-36+. The normalized spacial score (nSPS) is 11.5. The minimum atomic E-state index is -0.783. The van der Waals surface area contributed by atoms with E-state index < -0.39 is 6.16 Å². The minimum Gasteiger partial charge on any atom is -0.437 e. The van der Waals surface area contributed by atoms with Crippen LogP contribution in [0.25, 0.3) is 10.8 Å². The molecule has 0 atom stereocenters. The Hall–Kier alpha value is -5.77. The number of anilines is 1. The Morgan fingerprint density at radius 2 is 0.952 bits per heavy atom. The van der Waals surface area contributed by atoms with E-state index in [1.807, 2.05) is 104 Å². The number of azo groups is 3. The smallest absolute Gasteiger partial charge is 0.437 e. The van der Waals surface area contributed by atoms with Crippen LogP contribution in [0, 0.1) is 0 Å². The predicted octanol–water partition coefficient (Wildman–Crippen LogP) is 10.3. The molecule has 0 aliphatic rings. The highest BCUT2D eigenvalue weighted by Gasteiger charge is 2.06. The van der Waals surface area contributed by atoms with Gasteiger partial charge in [0.05, 0.1) is 41.2 Å². The maximum absolute atomic E-state index is 11.3. The molecule has 5 aromatic rings. The Morgan fingerprint density at radius 3 is 1.38 bits per heavy atom. The summed E-state index contributed by atoms with van der Waals surface area (Å²) in [4.78, 5) is 13.3. The fourth-order valence-corrected chi connectivity index (χ4v) is 3.90. The fraction of sp³-hybridized carbons (Fsp3) is 0.0938. The van der Waals surface area contributed by atoms with E-state index in [0.717, 1.165) is 27.8 Å². The highest BCUT2D eigenvalue weighted by Crippen LogP contribution is 2.35. The topological polar surface area (TPSA) is 113 Å². The lowest BCUT2D eigenvalue weighted by Gasteiger charge is -2.11. The number of benzene rings is 5. The third kappa shape index (κ3) is 7.05. The van der Waals surface area contributed by atoms with Crippen LogP contribution in [0.15, 0.2) is 140 Å². The molecule has 0 unspecified atom stereocenters. The zero-order valence-electron chi connectivity index (χ0n) is 23.2. The molecule has 0 spiro atoms. The number of carbonyl (C=O) groups excluding carboxylic acids is 1. The van der Waals surface area contributed by atoms with Crippen molar-refractivity contribution in [3.8, 4) is 5.75 Å². The monoisotopic (exact) mass is 557 g/mol.